The Bertz CT molecular complexity index is 276. The van der Waals surface area contributed by atoms with Crippen LogP contribution in [-0.4, -0.2) is 53.8 Å². The number of nitrogens with two attached hydrogens (primary N) is 1. The topological polar surface area (TPSA) is 66.6 Å². The van der Waals surface area contributed by atoms with Crippen LogP contribution in [-0.2, 0) is 9.59 Å². The lowest BCUT2D eigenvalue weighted by atomic mass is 10.2. The summed E-state index contributed by atoms with van der Waals surface area (Å²) in [6.45, 7) is 2.53. The number of carbonyl (C=O) groups is 2. The molecule has 5 heteroatoms. The molecule has 2 fully saturated rings. The van der Waals surface area contributed by atoms with Gasteiger partial charge in [-0.3, -0.25) is 9.59 Å². The van der Waals surface area contributed by atoms with Crippen LogP contribution in [0.15, 0.2) is 0 Å². The van der Waals surface area contributed by atoms with Gasteiger partial charge in [-0.1, -0.05) is 0 Å². The Balaban J connectivity index is 1.92. The van der Waals surface area contributed by atoms with Gasteiger partial charge in [-0.2, -0.15) is 0 Å². The molecule has 1 saturated heterocycles. The highest BCUT2D eigenvalue weighted by molar-refractivity contribution is 6.35. The number of carbonyl (C=O) groups excluding carboxylic acids is 2. The van der Waals surface area contributed by atoms with Crippen LogP contribution in [0.4, 0.5) is 0 Å². The lowest BCUT2D eigenvalue weighted by Gasteiger charge is -2.33. The van der Waals surface area contributed by atoms with E-state index in [9.17, 15) is 9.59 Å². The minimum absolute atomic E-state index is 0.319. The largest absolute Gasteiger partial charge is 0.333 e. The molecular weight excluding hydrogens is 194 g/mol. The van der Waals surface area contributed by atoms with Gasteiger partial charge in [0.2, 0.25) is 0 Å². The molecule has 1 saturated carbocycles. The van der Waals surface area contributed by atoms with Crippen LogP contribution in [0, 0.1) is 0 Å². The summed E-state index contributed by atoms with van der Waals surface area (Å²) in [5.74, 6) is -0.664. The van der Waals surface area contributed by atoms with Crippen LogP contribution in [0.25, 0.3) is 0 Å². The molecule has 0 aromatic carbocycles. The van der Waals surface area contributed by atoms with Crippen LogP contribution in [0.5, 0.6) is 0 Å². The molecule has 15 heavy (non-hydrogen) atoms. The van der Waals surface area contributed by atoms with Gasteiger partial charge in [0, 0.05) is 25.7 Å². The van der Waals surface area contributed by atoms with Gasteiger partial charge < -0.3 is 15.5 Å². The van der Waals surface area contributed by atoms with Gasteiger partial charge in [0.05, 0.1) is 0 Å². The highest BCUT2D eigenvalue weighted by atomic mass is 16.2. The zero-order valence-corrected chi connectivity index (χ0v) is 8.82. The standard InChI is InChI=1S/C10H17N3O2/c11-4-1-5-12-6-7-13(8-2-3-8)10(15)9(12)14/h8H,1-7,11H2. The van der Waals surface area contributed by atoms with E-state index >= 15 is 0 Å². The van der Waals surface area contributed by atoms with E-state index in [-0.39, 0.29) is 11.8 Å². The summed E-state index contributed by atoms with van der Waals surface area (Å²) in [5.41, 5.74) is 5.38. The summed E-state index contributed by atoms with van der Waals surface area (Å²) < 4.78 is 0. The highest BCUT2D eigenvalue weighted by Crippen LogP contribution is 2.28. The highest BCUT2D eigenvalue weighted by Gasteiger charge is 2.40. The van der Waals surface area contributed by atoms with Gasteiger partial charge in [-0.25, -0.2) is 0 Å². The fourth-order valence-corrected chi connectivity index (χ4v) is 1.92. The van der Waals surface area contributed by atoms with Crippen molar-refractivity contribution in [3.8, 4) is 0 Å². The maximum absolute atomic E-state index is 11.7. The third-order valence-electron chi connectivity index (χ3n) is 2.96. The smallest absolute Gasteiger partial charge is 0.312 e. The van der Waals surface area contributed by atoms with Crippen molar-refractivity contribution in [1.82, 2.24) is 9.80 Å². The maximum Gasteiger partial charge on any atom is 0.312 e. The van der Waals surface area contributed by atoms with Crippen molar-refractivity contribution >= 4 is 11.8 Å². The normalized spacial score (nSPS) is 22.5. The van der Waals surface area contributed by atoms with Crippen molar-refractivity contribution in [2.45, 2.75) is 25.3 Å². The van der Waals surface area contributed by atoms with Gasteiger partial charge >= 0.3 is 11.8 Å². The van der Waals surface area contributed by atoms with Crippen molar-refractivity contribution in [2.24, 2.45) is 5.73 Å². The second-order valence-electron chi connectivity index (χ2n) is 4.16. The molecule has 0 bridgehead atoms. The van der Waals surface area contributed by atoms with Gasteiger partial charge in [0.25, 0.3) is 0 Å². The molecule has 0 aromatic rings. The van der Waals surface area contributed by atoms with Crippen molar-refractivity contribution < 1.29 is 9.59 Å². The summed E-state index contributed by atoms with van der Waals surface area (Å²) in [6.07, 6.45) is 2.88. The predicted molar refractivity (Wildman–Crippen MR) is 55.0 cm³/mol. The third-order valence-corrected chi connectivity index (χ3v) is 2.96. The number of amides is 2. The summed E-state index contributed by atoms with van der Waals surface area (Å²) in [5, 5.41) is 0. The van der Waals surface area contributed by atoms with Crippen molar-refractivity contribution in [3.05, 3.63) is 0 Å². The van der Waals surface area contributed by atoms with Crippen LogP contribution in [0.2, 0.25) is 0 Å². The lowest BCUT2D eigenvalue weighted by Crippen LogP contribution is -2.55. The van der Waals surface area contributed by atoms with Gasteiger partial charge in [-0.15, -0.1) is 0 Å². The second kappa shape index (κ2) is 4.18. The van der Waals surface area contributed by atoms with Crippen LogP contribution < -0.4 is 5.73 Å². The summed E-state index contributed by atoms with van der Waals surface area (Å²) in [6, 6.07) is 0.345. The number of hydrogen-bond acceptors (Lipinski definition) is 3. The monoisotopic (exact) mass is 211 g/mol. The molecule has 2 rings (SSSR count). The molecule has 5 nitrogen and oxygen atoms in total. The molecule has 0 unspecified atom stereocenters. The molecule has 0 radical (unpaired) electrons. The molecule has 0 aromatic heterocycles. The van der Waals surface area contributed by atoms with Gasteiger partial charge in [0.1, 0.15) is 0 Å². The van der Waals surface area contributed by atoms with Crippen LogP contribution in [0.3, 0.4) is 0 Å². The number of rotatable bonds is 4. The fraction of sp³-hybridized carbons (Fsp3) is 0.800. The first kappa shape index (κ1) is 10.4. The first-order chi connectivity index (χ1) is 7.24. The van der Waals surface area contributed by atoms with E-state index in [1.807, 2.05) is 0 Å². The summed E-state index contributed by atoms with van der Waals surface area (Å²) in [7, 11) is 0. The van der Waals surface area contributed by atoms with Crippen molar-refractivity contribution in [3.63, 3.8) is 0 Å². The van der Waals surface area contributed by atoms with Gasteiger partial charge in [0.15, 0.2) is 0 Å². The van der Waals surface area contributed by atoms with Crippen LogP contribution in [0.1, 0.15) is 19.3 Å². The minimum Gasteiger partial charge on any atom is -0.333 e. The van der Waals surface area contributed by atoms with Crippen molar-refractivity contribution in [2.75, 3.05) is 26.2 Å². The summed E-state index contributed by atoms with van der Waals surface area (Å²) in [4.78, 5) is 26.7. The Hall–Kier alpha value is -1.10. The second-order valence-corrected chi connectivity index (χ2v) is 4.16. The average Bonchev–Trinajstić information content (AvgIpc) is 3.04. The predicted octanol–water partition coefficient (Wildman–Crippen LogP) is -0.832. The van der Waals surface area contributed by atoms with E-state index in [2.05, 4.69) is 0 Å². The van der Waals surface area contributed by atoms with E-state index in [0.29, 0.717) is 32.2 Å². The Labute approximate surface area is 89.2 Å². The first-order valence-corrected chi connectivity index (χ1v) is 5.54. The van der Waals surface area contributed by atoms with E-state index in [4.69, 9.17) is 5.73 Å². The molecule has 0 atom stereocenters. The quantitative estimate of drug-likeness (QED) is 0.617. The van der Waals surface area contributed by atoms with Crippen LogP contribution >= 0.6 is 0 Å². The molecule has 1 aliphatic carbocycles. The maximum atomic E-state index is 11.7. The Morgan fingerprint density at radius 3 is 2.53 bits per heavy atom. The molecule has 84 valence electrons. The minimum atomic E-state index is -0.346. The SMILES string of the molecule is NCCCN1CCN(C2CC2)C(=O)C1=O. The molecule has 1 aliphatic heterocycles. The molecule has 2 amide bonds. The fourth-order valence-electron chi connectivity index (χ4n) is 1.92. The van der Waals surface area contributed by atoms with E-state index < -0.39 is 0 Å². The van der Waals surface area contributed by atoms with E-state index in [1.165, 1.54) is 0 Å². The lowest BCUT2D eigenvalue weighted by molar-refractivity contribution is -0.156. The number of piperazine rings is 1. The third kappa shape index (κ3) is 2.12. The van der Waals surface area contributed by atoms with Gasteiger partial charge in [-0.05, 0) is 25.8 Å². The number of hydrogen-bond donors (Lipinski definition) is 1. The molecule has 0 spiro atoms. The Morgan fingerprint density at radius 1 is 1.20 bits per heavy atom. The number of nitrogens with zero attached hydrogens (tertiary/aromatic N) is 2. The molecular formula is C10H17N3O2. The molecule has 1 heterocycles. The Morgan fingerprint density at radius 2 is 1.93 bits per heavy atom. The summed E-state index contributed by atoms with van der Waals surface area (Å²) >= 11 is 0. The average molecular weight is 211 g/mol. The molecule has 2 N–H and O–H groups in total. The zero-order chi connectivity index (χ0) is 10.8. The zero-order valence-electron chi connectivity index (χ0n) is 8.82. The van der Waals surface area contributed by atoms with E-state index in [1.54, 1.807) is 9.80 Å². The van der Waals surface area contributed by atoms with Crippen molar-refractivity contribution in [1.29, 1.82) is 0 Å². The first-order valence-electron chi connectivity index (χ1n) is 5.54. The van der Waals surface area contributed by atoms with E-state index in [0.717, 1.165) is 19.3 Å². The Kier molecular flexibility index (Phi) is 2.90. The molecule has 2 aliphatic rings.